The molecule has 4 nitrogen and oxygen atoms in total. The Morgan fingerprint density at radius 3 is 2.71 bits per heavy atom. The fraction of sp³-hybridized carbons (Fsp3) is 0.692. The maximum atomic E-state index is 11.8. The number of aromatic nitrogens is 2. The predicted octanol–water partition coefficient (Wildman–Crippen LogP) is 1.79. The lowest BCUT2D eigenvalue weighted by atomic mass is 9.65. The maximum Gasteiger partial charge on any atom is 0.255 e. The lowest BCUT2D eigenvalue weighted by Crippen LogP contribution is -2.35. The molecule has 0 radical (unpaired) electrons. The number of nitrogens with zero attached hydrogens (tertiary/aromatic N) is 1. The van der Waals surface area contributed by atoms with Gasteiger partial charge in [0.25, 0.3) is 5.56 Å². The van der Waals surface area contributed by atoms with E-state index in [1.54, 1.807) is 0 Å². The molecule has 4 heteroatoms. The van der Waals surface area contributed by atoms with Crippen LogP contribution in [0.2, 0.25) is 0 Å². The van der Waals surface area contributed by atoms with E-state index < -0.39 is 0 Å². The van der Waals surface area contributed by atoms with Gasteiger partial charge in [0.1, 0.15) is 0 Å². The summed E-state index contributed by atoms with van der Waals surface area (Å²) in [5, 5.41) is 0. The zero-order valence-electron chi connectivity index (χ0n) is 10.1. The third kappa shape index (κ3) is 1.85. The molecule has 0 aliphatic heterocycles. The summed E-state index contributed by atoms with van der Waals surface area (Å²) in [6.07, 6.45) is 9.58. The number of nitrogens with two attached hydrogens (primary N) is 1. The minimum Gasteiger partial charge on any atom is -0.369 e. The minimum absolute atomic E-state index is 0.0295. The first-order chi connectivity index (χ1) is 8.19. The second-order valence-corrected chi connectivity index (χ2v) is 5.61. The van der Waals surface area contributed by atoms with Crippen LogP contribution < -0.4 is 11.3 Å². The number of H-pyrrole nitrogens is 1. The van der Waals surface area contributed by atoms with Crippen molar-refractivity contribution in [2.45, 2.75) is 51.4 Å². The molecule has 1 spiro atoms. The summed E-state index contributed by atoms with van der Waals surface area (Å²) in [6.45, 7) is 0. The van der Waals surface area contributed by atoms with Crippen molar-refractivity contribution in [1.82, 2.24) is 9.97 Å². The fourth-order valence-electron chi connectivity index (χ4n) is 3.53. The van der Waals surface area contributed by atoms with Crippen LogP contribution in [-0.2, 0) is 12.8 Å². The monoisotopic (exact) mass is 233 g/mol. The fourth-order valence-corrected chi connectivity index (χ4v) is 3.53. The summed E-state index contributed by atoms with van der Waals surface area (Å²) in [7, 11) is 0. The van der Waals surface area contributed by atoms with Crippen LogP contribution in [0.25, 0.3) is 0 Å². The van der Waals surface area contributed by atoms with Crippen molar-refractivity contribution in [3.63, 3.8) is 0 Å². The molecule has 2 aliphatic rings. The smallest absolute Gasteiger partial charge is 0.255 e. The van der Waals surface area contributed by atoms with Crippen molar-refractivity contribution in [1.29, 1.82) is 0 Å². The van der Waals surface area contributed by atoms with Crippen LogP contribution in [-0.4, -0.2) is 9.97 Å². The number of nitrogen functional groups attached to an aromatic ring is 1. The first-order valence-corrected chi connectivity index (χ1v) is 6.56. The Bertz CT molecular complexity index is 486. The molecule has 1 heterocycles. The van der Waals surface area contributed by atoms with Crippen molar-refractivity contribution in [3.05, 3.63) is 21.6 Å². The predicted molar refractivity (Wildman–Crippen MR) is 66.8 cm³/mol. The first kappa shape index (κ1) is 10.8. The number of aromatic amines is 1. The van der Waals surface area contributed by atoms with Crippen LogP contribution in [0, 0.1) is 5.41 Å². The highest BCUT2D eigenvalue weighted by molar-refractivity contribution is 5.28. The van der Waals surface area contributed by atoms with Crippen LogP contribution in [0.15, 0.2) is 4.79 Å². The molecule has 1 fully saturated rings. The molecular formula is C13H19N3O. The summed E-state index contributed by atoms with van der Waals surface area (Å²) in [4.78, 5) is 18.7. The third-order valence-corrected chi connectivity index (χ3v) is 4.48. The molecule has 0 bridgehead atoms. The number of rotatable bonds is 0. The molecule has 2 aliphatic carbocycles. The van der Waals surface area contributed by atoms with Gasteiger partial charge in [0, 0.05) is 5.56 Å². The van der Waals surface area contributed by atoms with Gasteiger partial charge in [-0.2, -0.15) is 0 Å². The molecule has 0 atom stereocenters. The van der Waals surface area contributed by atoms with Gasteiger partial charge in [-0.25, -0.2) is 4.98 Å². The Labute approximate surface area is 101 Å². The van der Waals surface area contributed by atoms with Crippen molar-refractivity contribution < 1.29 is 0 Å². The normalized spacial score (nSPS) is 22.4. The van der Waals surface area contributed by atoms with Gasteiger partial charge < -0.3 is 5.73 Å². The van der Waals surface area contributed by atoms with Crippen LogP contribution in [0.3, 0.4) is 0 Å². The van der Waals surface area contributed by atoms with Crippen molar-refractivity contribution in [2.75, 3.05) is 5.73 Å². The standard InChI is InChI=1S/C13H19N3O/c14-12-15-10-8-13(5-2-1-3-6-13)7-4-9(10)11(17)16-12/h1-8H2,(H3,14,15,16,17). The zero-order chi connectivity index (χ0) is 11.9. The Kier molecular flexibility index (Phi) is 2.45. The highest BCUT2D eigenvalue weighted by Gasteiger charge is 2.37. The lowest BCUT2D eigenvalue weighted by molar-refractivity contribution is 0.159. The topological polar surface area (TPSA) is 71.8 Å². The minimum atomic E-state index is -0.0295. The highest BCUT2D eigenvalue weighted by Crippen LogP contribution is 2.45. The number of hydrogen-bond acceptors (Lipinski definition) is 3. The Morgan fingerprint density at radius 1 is 1.18 bits per heavy atom. The molecule has 0 aromatic carbocycles. The lowest BCUT2D eigenvalue weighted by Gasteiger charge is -2.40. The number of nitrogens with one attached hydrogen (secondary N) is 1. The summed E-state index contributed by atoms with van der Waals surface area (Å²) in [5.41, 5.74) is 7.85. The molecule has 0 amide bonds. The SMILES string of the molecule is Nc1nc2c(c(=O)[nH]1)CCC1(CCCCC1)C2. The first-order valence-electron chi connectivity index (χ1n) is 6.56. The second kappa shape index (κ2) is 3.86. The van der Waals surface area contributed by atoms with Gasteiger partial charge in [-0.1, -0.05) is 19.3 Å². The molecule has 1 aromatic rings. The molecule has 3 rings (SSSR count). The molecule has 92 valence electrons. The van der Waals surface area contributed by atoms with E-state index in [0.717, 1.165) is 30.5 Å². The van der Waals surface area contributed by atoms with Crippen molar-refractivity contribution in [3.8, 4) is 0 Å². The molecule has 1 aromatic heterocycles. The Morgan fingerprint density at radius 2 is 1.94 bits per heavy atom. The largest absolute Gasteiger partial charge is 0.369 e. The van der Waals surface area contributed by atoms with E-state index >= 15 is 0 Å². The molecule has 3 N–H and O–H groups in total. The van der Waals surface area contributed by atoms with Gasteiger partial charge in [0.15, 0.2) is 0 Å². The van der Waals surface area contributed by atoms with Crippen LogP contribution in [0.5, 0.6) is 0 Å². The van der Waals surface area contributed by atoms with Gasteiger partial charge in [0.2, 0.25) is 5.95 Å². The molecule has 0 saturated heterocycles. The average Bonchev–Trinajstić information content (AvgIpc) is 2.29. The van der Waals surface area contributed by atoms with Crippen LogP contribution >= 0.6 is 0 Å². The van der Waals surface area contributed by atoms with E-state index in [2.05, 4.69) is 9.97 Å². The van der Waals surface area contributed by atoms with Crippen LogP contribution in [0.1, 0.15) is 49.8 Å². The molecule has 17 heavy (non-hydrogen) atoms. The van der Waals surface area contributed by atoms with Gasteiger partial charge in [-0.15, -0.1) is 0 Å². The van der Waals surface area contributed by atoms with Crippen LogP contribution in [0.4, 0.5) is 5.95 Å². The van der Waals surface area contributed by atoms with Gasteiger partial charge in [-0.05, 0) is 37.5 Å². The van der Waals surface area contributed by atoms with Crippen molar-refractivity contribution >= 4 is 5.95 Å². The van der Waals surface area contributed by atoms with Crippen molar-refractivity contribution in [2.24, 2.45) is 5.41 Å². The van der Waals surface area contributed by atoms with Gasteiger partial charge >= 0.3 is 0 Å². The van der Waals surface area contributed by atoms with Gasteiger partial charge in [-0.3, -0.25) is 9.78 Å². The van der Waals surface area contributed by atoms with E-state index in [9.17, 15) is 4.79 Å². The molecular weight excluding hydrogens is 214 g/mol. The highest BCUT2D eigenvalue weighted by atomic mass is 16.1. The Balaban J connectivity index is 1.97. The van der Waals surface area contributed by atoms with E-state index in [4.69, 9.17) is 5.73 Å². The number of anilines is 1. The summed E-state index contributed by atoms with van der Waals surface area (Å²) >= 11 is 0. The van der Waals surface area contributed by atoms with E-state index in [-0.39, 0.29) is 11.5 Å². The van der Waals surface area contributed by atoms with E-state index in [0.29, 0.717) is 5.41 Å². The molecule has 1 saturated carbocycles. The average molecular weight is 233 g/mol. The zero-order valence-corrected chi connectivity index (χ0v) is 10.1. The number of fused-ring (bicyclic) bond motifs is 1. The van der Waals surface area contributed by atoms with E-state index in [1.807, 2.05) is 0 Å². The second-order valence-electron chi connectivity index (χ2n) is 5.61. The summed E-state index contributed by atoms with van der Waals surface area (Å²) in [5.74, 6) is 0.265. The Hall–Kier alpha value is -1.32. The summed E-state index contributed by atoms with van der Waals surface area (Å²) < 4.78 is 0. The molecule has 0 unspecified atom stereocenters. The van der Waals surface area contributed by atoms with Gasteiger partial charge in [0.05, 0.1) is 5.69 Å². The quantitative estimate of drug-likeness (QED) is 0.717. The maximum absolute atomic E-state index is 11.8. The number of hydrogen-bond donors (Lipinski definition) is 2. The van der Waals surface area contributed by atoms with E-state index in [1.165, 1.54) is 32.1 Å². The third-order valence-electron chi connectivity index (χ3n) is 4.48. The summed E-state index contributed by atoms with van der Waals surface area (Å²) in [6, 6.07) is 0.